The lowest BCUT2D eigenvalue weighted by Crippen LogP contribution is -2.47. The molecule has 186 valence electrons. The summed E-state index contributed by atoms with van der Waals surface area (Å²) in [7, 11) is 3.77. The molecule has 2 saturated heterocycles. The van der Waals surface area contributed by atoms with Gasteiger partial charge in [0.15, 0.2) is 5.82 Å². The summed E-state index contributed by atoms with van der Waals surface area (Å²) in [6.45, 7) is 7.05. The van der Waals surface area contributed by atoms with Crippen molar-refractivity contribution < 1.29 is 9.53 Å². The Hall–Kier alpha value is -3.40. The van der Waals surface area contributed by atoms with Gasteiger partial charge in [-0.05, 0) is 38.9 Å². The number of aromatic nitrogens is 4. The van der Waals surface area contributed by atoms with E-state index in [9.17, 15) is 4.79 Å². The summed E-state index contributed by atoms with van der Waals surface area (Å²) >= 11 is 0. The number of nitrogens with two attached hydrogens (primary N) is 1. The second-order valence-corrected chi connectivity index (χ2v) is 9.62. The van der Waals surface area contributed by atoms with E-state index < -0.39 is 0 Å². The van der Waals surface area contributed by atoms with Gasteiger partial charge in [-0.15, -0.1) is 0 Å². The molecule has 0 aliphatic carbocycles. The minimum atomic E-state index is 0.0714. The van der Waals surface area contributed by atoms with Gasteiger partial charge >= 0.3 is 0 Å². The number of ether oxygens (including phenoxy) is 1. The summed E-state index contributed by atoms with van der Waals surface area (Å²) < 4.78 is 7.59. The largest absolute Gasteiger partial charge is 0.496 e. The number of carbonyl (C=O) groups is 1. The number of hydrogen-bond acceptors (Lipinski definition) is 8. The highest BCUT2D eigenvalue weighted by molar-refractivity contribution is 5.95. The van der Waals surface area contributed by atoms with Crippen LogP contribution in [0.15, 0.2) is 18.2 Å². The van der Waals surface area contributed by atoms with E-state index in [1.165, 1.54) is 0 Å². The number of methoxy groups -OCH3 is 1. The van der Waals surface area contributed by atoms with Gasteiger partial charge in [-0.1, -0.05) is 19.4 Å². The van der Waals surface area contributed by atoms with E-state index in [2.05, 4.69) is 34.2 Å². The minimum Gasteiger partial charge on any atom is -0.496 e. The summed E-state index contributed by atoms with van der Waals surface area (Å²) in [4.78, 5) is 26.5. The number of likely N-dealkylation sites (tertiary alicyclic amines) is 2. The zero-order valence-corrected chi connectivity index (χ0v) is 20.9. The van der Waals surface area contributed by atoms with Crippen molar-refractivity contribution in [3.8, 4) is 5.75 Å². The van der Waals surface area contributed by atoms with Gasteiger partial charge in [0.2, 0.25) is 5.95 Å². The van der Waals surface area contributed by atoms with Gasteiger partial charge in [-0.25, -0.2) is 4.98 Å². The summed E-state index contributed by atoms with van der Waals surface area (Å²) in [5.41, 5.74) is 9.88. The van der Waals surface area contributed by atoms with Crippen molar-refractivity contribution in [3.05, 3.63) is 35.0 Å². The van der Waals surface area contributed by atoms with Crippen LogP contribution in [0, 0.1) is 6.92 Å². The number of nitrogens with zero attached hydrogens (tertiary/aromatic N) is 6. The highest BCUT2D eigenvalue weighted by Gasteiger charge is 2.43. The Morgan fingerprint density at radius 3 is 2.77 bits per heavy atom. The number of aryl methyl sites for hydroxylation is 1. The molecule has 2 aliphatic heterocycles. The Kier molecular flexibility index (Phi) is 6.22. The van der Waals surface area contributed by atoms with Crippen LogP contribution in [-0.2, 0) is 6.54 Å². The fraction of sp³-hybridized carbons (Fsp3) is 0.520. The van der Waals surface area contributed by atoms with Crippen LogP contribution < -0.4 is 15.8 Å². The number of nitrogen functional groups attached to an aromatic ring is 1. The second-order valence-electron chi connectivity index (χ2n) is 9.62. The van der Waals surface area contributed by atoms with E-state index in [1.54, 1.807) is 7.11 Å². The maximum Gasteiger partial charge on any atom is 0.254 e. The number of fused-ring (bicyclic) bond motifs is 3. The lowest BCUT2D eigenvalue weighted by molar-refractivity contribution is 0.0650. The molecule has 2 aromatic heterocycles. The van der Waals surface area contributed by atoms with Gasteiger partial charge in [0, 0.05) is 42.8 Å². The fourth-order valence-corrected chi connectivity index (χ4v) is 5.32. The van der Waals surface area contributed by atoms with Gasteiger partial charge < -0.3 is 20.7 Å². The molecule has 3 N–H and O–H groups in total. The van der Waals surface area contributed by atoms with Crippen LogP contribution in [-0.4, -0.2) is 81.3 Å². The predicted molar refractivity (Wildman–Crippen MR) is 136 cm³/mol. The Morgan fingerprint density at radius 2 is 2.09 bits per heavy atom. The van der Waals surface area contributed by atoms with Crippen LogP contribution >= 0.6 is 0 Å². The van der Waals surface area contributed by atoms with Crippen molar-refractivity contribution in [1.29, 1.82) is 0 Å². The fourth-order valence-electron chi connectivity index (χ4n) is 5.32. The third kappa shape index (κ3) is 4.27. The number of hydrogen-bond donors (Lipinski definition) is 2. The first-order valence-electron chi connectivity index (χ1n) is 12.3. The van der Waals surface area contributed by atoms with Gasteiger partial charge in [-0.3, -0.25) is 14.4 Å². The molecular weight excluding hydrogens is 444 g/mol. The Labute approximate surface area is 205 Å². The molecule has 3 aromatic rings. The first kappa shape index (κ1) is 23.3. The molecule has 4 heterocycles. The number of nitrogens with one attached hydrogen (secondary N) is 1. The van der Waals surface area contributed by atoms with Crippen LogP contribution in [0.3, 0.4) is 0 Å². The summed E-state index contributed by atoms with van der Waals surface area (Å²) in [5.74, 6) is 1.64. The minimum absolute atomic E-state index is 0.0714. The molecule has 0 spiro atoms. The topological polar surface area (TPSA) is 114 Å². The van der Waals surface area contributed by atoms with Gasteiger partial charge in [0.05, 0.1) is 19.3 Å². The zero-order chi connectivity index (χ0) is 24.7. The highest BCUT2D eigenvalue weighted by Crippen LogP contribution is 2.32. The number of carbonyl (C=O) groups excluding carboxylic acids is 1. The Morgan fingerprint density at radius 1 is 1.26 bits per heavy atom. The van der Waals surface area contributed by atoms with Gasteiger partial charge in [-0.2, -0.15) is 10.1 Å². The maximum absolute atomic E-state index is 13.3. The third-order valence-electron chi connectivity index (χ3n) is 7.23. The first-order valence-corrected chi connectivity index (χ1v) is 12.3. The first-order chi connectivity index (χ1) is 16.9. The van der Waals surface area contributed by atoms with Gasteiger partial charge in [0.25, 0.3) is 5.91 Å². The number of likely N-dealkylation sites (N-methyl/N-ethyl adjacent to an activating group) is 1. The molecular formula is C25H34N8O2. The molecule has 0 radical (unpaired) electrons. The van der Waals surface area contributed by atoms with Crippen LogP contribution in [0.5, 0.6) is 5.75 Å². The lowest BCUT2D eigenvalue weighted by Gasteiger charge is -2.32. The maximum atomic E-state index is 13.3. The molecule has 2 atom stereocenters. The zero-order valence-electron chi connectivity index (χ0n) is 20.9. The van der Waals surface area contributed by atoms with Crippen LogP contribution in [0.25, 0.3) is 11.0 Å². The molecule has 0 saturated carbocycles. The van der Waals surface area contributed by atoms with Gasteiger partial charge in [0.1, 0.15) is 16.8 Å². The molecule has 2 bridgehead atoms. The van der Waals surface area contributed by atoms with Crippen molar-refractivity contribution >= 4 is 28.7 Å². The predicted octanol–water partition coefficient (Wildman–Crippen LogP) is 2.51. The van der Waals surface area contributed by atoms with E-state index in [1.807, 2.05) is 34.7 Å². The molecule has 2 fully saturated rings. The van der Waals surface area contributed by atoms with Crippen molar-refractivity contribution in [2.45, 2.75) is 51.7 Å². The number of piperazine rings is 1. The van der Waals surface area contributed by atoms with Crippen molar-refractivity contribution in [2.24, 2.45) is 0 Å². The SMILES string of the molecule is CCCCNc1nc(N)nc2c(C)nn(Cc3ccc(C(=O)N4C[C@H]5C[C@@H]4CN5C)cc3OC)c12. The smallest absolute Gasteiger partial charge is 0.254 e. The molecule has 1 amide bonds. The third-order valence-corrected chi connectivity index (χ3v) is 7.23. The second kappa shape index (κ2) is 9.33. The number of anilines is 2. The Bertz CT molecular complexity index is 1250. The quantitative estimate of drug-likeness (QED) is 0.475. The number of unbranched alkanes of at least 4 members (excludes halogenated alkanes) is 1. The molecule has 35 heavy (non-hydrogen) atoms. The van der Waals surface area contributed by atoms with E-state index in [-0.39, 0.29) is 11.9 Å². The average Bonchev–Trinajstić information content (AvgIpc) is 3.51. The highest BCUT2D eigenvalue weighted by atomic mass is 16.5. The monoisotopic (exact) mass is 478 g/mol. The van der Waals surface area contributed by atoms with Crippen LogP contribution in [0.4, 0.5) is 11.8 Å². The Balaban J connectivity index is 1.43. The molecule has 2 aliphatic rings. The van der Waals surface area contributed by atoms with E-state index in [0.717, 1.165) is 61.2 Å². The number of amides is 1. The number of benzene rings is 1. The van der Waals surface area contributed by atoms with E-state index in [4.69, 9.17) is 15.6 Å². The van der Waals surface area contributed by atoms with Crippen molar-refractivity contribution in [3.63, 3.8) is 0 Å². The number of rotatable bonds is 8. The summed E-state index contributed by atoms with van der Waals surface area (Å²) in [6.07, 6.45) is 3.16. The molecule has 0 unspecified atom stereocenters. The normalized spacial score (nSPS) is 19.6. The molecule has 10 nitrogen and oxygen atoms in total. The summed E-state index contributed by atoms with van der Waals surface area (Å²) in [5, 5.41) is 8.12. The van der Waals surface area contributed by atoms with Crippen molar-refractivity contribution in [1.82, 2.24) is 29.5 Å². The van der Waals surface area contributed by atoms with Crippen molar-refractivity contribution in [2.75, 3.05) is 44.8 Å². The lowest BCUT2D eigenvalue weighted by atomic mass is 10.1. The van der Waals surface area contributed by atoms with Crippen LogP contribution in [0.2, 0.25) is 0 Å². The van der Waals surface area contributed by atoms with E-state index in [0.29, 0.717) is 35.8 Å². The molecule has 1 aromatic carbocycles. The standard InChI is InChI=1S/C25H34N8O2/c1-5-6-9-27-23-22-21(28-25(26)29-23)15(2)30-33(22)12-17-8-7-16(10-20(17)35-4)24(34)32-14-18-11-19(32)13-31(18)3/h7-8,10,18-19H,5-6,9,11-14H2,1-4H3,(H3,26,27,28,29)/t18-,19-/m1/s1. The molecule has 10 heteroatoms. The average molecular weight is 479 g/mol. The summed E-state index contributed by atoms with van der Waals surface area (Å²) in [6, 6.07) is 6.47. The van der Waals surface area contributed by atoms with Crippen LogP contribution in [0.1, 0.15) is 47.8 Å². The van der Waals surface area contributed by atoms with E-state index >= 15 is 0 Å². The molecule has 5 rings (SSSR count).